The fourth-order valence-corrected chi connectivity index (χ4v) is 3.57. The Morgan fingerprint density at radius 2 is 1.30 bits per heavy atom. The number of aromatic nitrogens is 4. The van der Waals surface area contributed by atoms with Crippen LogP contribution >= 0.6 is 23.2 Å². The van der Waals surface area contributed by atoms with Gasteiger partial charge < -0.3 is 14.6 Å². The number of carbonyl (C=O) groups excluding carboxylic acids is 3. The average molecular weight is 581 g/mol. The van der Waals surface area contributed by atoms with Gasteiger partial charge in [-0.25, -0.2) is 29.5 Å². The Hall–Kier alpha value is -4.67. The first-order valence-electron chi connectivity index (χ1n) is 11.5. The highest BCUT2D eigenvalue weighted by molar-refractivity contribution is 6.28. The fraction of sp³-hybridized carbons (Fsp3) is 0.107. The molecular formula is C28H22Cl2N4O6. The molecule has 204 valence electrons. The Morgan fingerprint density at radius 1 is 0.775 bits per heavy atom. The van der Waals surface area contributed by atoms with Gasteiger partial charge in [0.2, 0.25) is 10.6 Å². The van der Waals surface area contributed by atoms with Gasteiger partial charge in [-0.2, -0.15) is 0 Å². The standard InChI is InChI=1S/2C14H11ClN2O3/c2*1-20-13(19)10-4-2-3-9(7-10)12(18)8-11-5-6-16-14(15)17-11/h2-7H,8H2,1H3;2-8,18H,1H3/b;12-8+. The van der Waals surface area contributed by atoms with E-state index in [1.807, 2.05) is 0 Å². The van der Waals surface area contributed by atoms with Gasteiger partial charge in [0, 0.05) is 29.6 Å². The van der Waals surface area contributed by atoms with Crippen LogP contribution in [0.1, 0.15) is 48.0 Å². The van der Waals surface area contributed by atoms with E-state index in [2.05, 4.69) is 29.4 Å². The number of ketones is 1. The predicted octanol–water partition coefficient (Wildman–Crippen LogP) is 5.31. The summed E-state index contributed by atoms with van der Waals surface area (Å²) in [4.78, 5) is 50.4. The van der Waals surface area contributed by atoms with Crippen molar-refractivity contribution in [2.75, 3.05) is 14.2 Å². The number of hydrogen-bond donors (Lipinski definition) is 1. The topological polar surface area (TPSA) is 141 Å². The van der Waals surface area contributed by atoms with Gasteiger partial charge in [0.1, 0.15) is 5.76 Å². The third-order valence-electron chi connectivity index (χ3n) is 5.14. The van der Waals surface area contributed by atoms with Crippen LogP contribution in [0.2, 0.25) is 10.6 Å². The van der Waals surface area contributed by atoms with Crippen LogP contribution < -0.4 is 0 Å². The van der Waals surface area contributed by atoms with Crippen molar-refractivity contribution in [3.05, 3.63) is 117 Å². The highest BCUT2D eigenvalue weighted by Crippen LogP contribution is 2.17. The summed E-state index contributed by atoms with van der Waals surface area (Å²) in [6.07, 6.45) is 4.50. The summed E-state index contributed by atoms with van der Waals surface area (Å²) in [6.45, 7) is 0. The maximum Gasteiger partial charge on any atom is 0.337 e. The first-order valence-corrected chi connectivity index (χ1v) is 12.2. The number of nitrogens with zero attached hydrogens (tertiary/aromatic N) is 4. The number of esters is 2. The van der Waals surface area contributed by atoms with Crippen molar-refractivity contribution in [1.82, 2.24) is 19.9 Å². The molecule has 0 spiro atoms. The monoisotopic (exact) mass is 580 g/mol. The Labute approximate surface area is 239 Å². The maximum atomic E-state index is 12.1. The molecule has 2 heterocycles. The van der Waals surface area contributed by atoms with Gasteiger partial charge in [0.15, 0.2) is 5.78 Å². The minimum atomic E-state index is -0.482. The smallest absolute Gasteiger partial charge is 0.337 e. The number of rotatable bonds is 7. The Kier molecular flexibility index (Phi) is 10.8. The van der Waals surface area contributed by atoms with Crippen molar-refractivity contribution >= 4 is 52.8 Å². The van der Waals surface area contributed by atoms with E-state index >= 15 is 0 Å². The molecule has 4 rings (SSSR count). The summed E-state index contributed by atoms with van der Waals surface area (Å²) in [5.74, 6) is -1.15. The Bertz CT molecular complexity index is 1560. The van der Waals surface area contributed by atoms with Crippen LogP contribution in [0.25, 0.3) is 11.8 Å². The van der Waals surface area contributed by atoms with Gasteiger partial charge >= 0.3 is 11.9 Å². The summed E-state index contributed by atoms with van der Waals surface area (Å²) < 4.78 is 9.24. The zero-order valence-corrected chi connectivity index (χ0v) is 22.8. The van der Waals surface area contributed by atoms with E-state index in [-0.39, 0.29) is 28.5 Å². The number of methoxy groups -OCH3 is 2. The predicted molar refractivity (Wildman–Crippen MR) is 148 cm³/mol. The third kappa shape index (κ3) is 8.69. The minimum absolute atomic E-state index is 0.0366. The van der Waals surface area contributed by atoms with Crippen molar-refractivity contribution in [1.29, 1.82) is 0 Å². The number of aliphatic hydroxyl groups excluding tert-OH is 1. The van der Waals surface area contributed by atoms with Gasteiger partial charge in [-0.05, 0) is 59.6 Å². The number of aliphatic hydroxyl groups is 1. The summed E-state index contributed by atoms with van der Waals surface area (Å²) >= 11 is 11.3. The molecule has 0 unspecified atom stereocenters. The first-order chi connectivity index (χ1) is 19.2. The van der Waals surface area contributed by atoms with Crippen LogP contribution in [0, 0.1) is 0 Å². The summed E-state index contributed by atoms with van der Waals surface area (Å²) in [6, 6.07) is 16.0. The molecule has 0 aliphatic heterocycles. The maximum absolute atomic E-state index is 12.1. The van der Waals surface area contributed by atoms with Crippen molar-refractivity contribution < 1.29 is 29.0 Å². The van der Waals surface area contributed by atoms with Gasteiger partial charge in [-0.3, -0.25) is 4.79 Å². The van der Waals surface area contributed by atoms with Gasteiger partial charge in [0.05, 0.1) is 43.2 Å². The van der Waals surface area contributed by atoms with Gasteiger partial charge in [-0.15, -0.1) is 0 Å². The highest BCUT2D eigenvalue weighted by Gasteiger charge is 2.12. The normalized spacial score (nSPS) is 10.7. The van der Waals surface area contributed by atoms with Crippen LogP contribution in [0.4, 0.5) is 0 Å². The van der Waals surface area contributed by atoms with Crippen molar-refractivity contribution in [3.8, 4) is 0 Å². The summed E-state index contributed by atoms with van der Waals surface area (Å²) in [5.41, 5.74) is 2.57. The zero-order valence-electron chi connectivity index (χ0n) is 21.2. The second-order valence-electron chi connectivity index (χ2n) is 7.84. The Morgan fingerprint density at radius 3 is 1.88 bits per heavy atom. The lowest BCUT2D eigenvalue weighted by atomic mass is 10.0. The second kappa shape index (κ2) is 14.5. The van der Waals surface area contributed by atoms with Crippen molar-refractivity contribution in [2.24, 2.45) is 0 Å². The lowest BCUT2D eigenvalue weighted by molar-refractivity contribution is 0.0591. The van der Waals surface area contributed by atoms with E-state index < -0.39 is 11.9 Å². The largest absolute Gasteiger partial charge is 0.507 e. The number of carbonyl (C=O) groups is 3. The molecule has 10 nitrogen and oxygen atoms in total. The van der Waals surface area contributed by atoms with Crippen molar-refractivity contribution in [3.63, 3.8) is 0 Å². The number of benzene rings is 2. The van der Waals surface area contributed by atoms with E-state index in [9.17, 15) is 19.5 Å². The molecule has 1 N–H and O–H groups in total. The first kappa shape index (κ1) is 29.9. The number of halogens is 2. The van der Waals surface area contributed by atoms with E-state index in [4.69, 9.17) is 23.2 Å². The van der Waals surface area contributed by atoms with Gasteiger partial charge in [-0.1, -0.05) is 24.3 Å². The molecule has 0 saturated heterocycles. The molecule has 0 fully saturated rings. The molecule has 40 heavy (non-hydrogen) atoms. The van der Waals surface area contributed by atoms with Crippen LogP contribution in [0.5, 0.6) is 0 Å². The zero-order chi connectivity index (χ0) is 29.1. The van der Waals surface area contributed by atoms with Crippen LogP contribution in [0.3, 0.4) is 0 Å². The quantitative estimate of drug-likeness (QED) is 0.132. The average Bonchev–Trinajstić information content (AvgIpc) is 2.96. The fourth-order valence-electron chi connectivity index (χ4n) is 3.25. The molecule has 0 amide bonds. The van der Waals surface area contributed by atoms with Crippen LogP contribution in [-0.4, -0.2) is 57.0 Å². The lowest BCUT2D eigenvalue weighted by Gasteiger charge is -2.03. The second-order valence-corrected chi connectivity index (χ2v) is 8.52. The Balaban J connectivity index is 0.000000220. The molecule has 0 bridgehead atoms. The highest BCUT2D eigenvalue weighted by atomic mass is 35.5. The molecule has 0 atom stereocenters. The minimum Gasteiger partial charge on any atom is -0.507 e. The molecule has 2 aromatic carbocycles. The lowest BCUT2D eigenvalue weighted by Crippen LogP contribution is -2.08. The number of hydrogen-bond acceptors (Lipinski definition) is 10. The van der Waals surface area contributed by atoms with Crippen LogP contribution in [0.15, 0.2) is 73.1 Å². The molecule has 0 aliphatic carbocycles. The molecule has 12 heteroatoms. The van der Waals surface area contributed by atoms with E-state index in [1.165, 1.54) is 44.8 Å². The van der Waals surface area contributed by atoms with Crippen molar-refractivity contribution in [2.45, 2.75) is 6.42 Å². The van der Waals surface area contributed by atoms with Crippen LogP contribution in [-0.2, 0) is 15.9 Å². The van der Waals surface area contributed by atoms with E-state index in [0.717, 1.165) is 0 Å². The SMILES string of the molecule is COC(=O)c1cccc(/C(O)=C\c2ccnc(Cl)n2)c1.COC(=O)c1cccc(C(=O)Cc2ccnc(Cl)n2)c1. The number of ether oxygens (including phenoxy) is 2. The summed E-state index contributed by atoms with van der Waals surface area (Å²) in [7, 11) is 2.59. The number of Topliss-reactive ketones (excluding diaryl/α,β-unsaturated/α-hetero) is 1. The molecule has 0 saturated carbocycles. The molecule has 4 aromatic rings. The van der Waals surface area contributed by atoms with E-state index in [1.54, 1.807) is 48.5 Å². The van der Waals surface area contributed by atoms with E-state index in [0.29, 0.717) is 33.6 Å². The molecular weight excluding hydrogens is 559 g/mol. The molecule has 2 aromatic heterocycles. The summed E-state index contributed by atoms with van der Waals surface area (Å²) in [5, 5.41) is 10.2. The molecule has 0 radical (unpaired) electrons. The van der Waals surface area contributed by atoms with Gasteiger partial charge in [0.25, 0.3) is 0 Å². The molecule has 0 aliphatic rings. The third-order valence-corrected chi connectivity index (χ3v) is 5.51.